The minimum atomic E-state index is -0.496. The minimum Gasteiger partial charge on any atom is -0.354 e. The van der Waals surface area contributed by atoms with Crippen molar-refractivity contribution in [3.8, 4) is 0 Å². The number of halogens is 1. The molecule has 1 unspecified atom stereocenters. The van der Waals surface area contributed by atoms with Crippen LogP contribution in [0.3, 0.4) is 0 Å². The lowest BCUT2D eigenvalue weighted by Gasteiger charge is -2.27. The highest BCUT2D eigenvalue weighted by molar-refractivity contribution is 7.98. The third-order valence-electron chi connectivity index (χ3n) is 4.67. The average Bonchev–Trinajstić information content (AvgIpc) is 2.69. The maximum atomic E-state index is 12.6. The van der Waals surface area contributed by atoms with E-state index in [0.717, 1.165) is 50.5 Å². The van der Waals surface area contributed by atoms with Gasteiger partial charge in [0, 0.05) is 38.3 Å². The Hall–Kier alpha value is -1.28. The Kier molecular flexibility index (Phi) is 12.2. The van der Waals surface area contributed by atoms with Crippen LogP contribution in [-0.4, -0.2) is 74.0 Å². The molecule has 158 valence electrons. The zero-order chi connectivity index (χ0) is 19.5. The number of aryl methyl sites for hydroxylation is 1. The molecule has 1 fully saturated rings. The summed E-state index contributed by atoms with van der Waals surface area (Å²) >= 11 is 1.68. The van der Waals surface area contributed by atoms with Crippen LogP contribution in [-0.2, 0) is 4.79 Å². The zero-order valence-electron chi connectivity index (χ0n) is 16.8. The van der Waals surface area contributed by atoms with Crippen molar-refractivity contribution in [1.82, 2.24) is 20.9 Å². The molecule has 0 aromatic heterocycles. The number of carbonyl (C=O) groups excluding carboxylic acids is 2. The Morgan fingerprint density at radius 3 is 2.71 bits per heavy atom. The van der Waals surface area contributed by atoms with Crippen LogP contribution in [0.15, 0.2) is 24.3 Å². The molecular weight excluding hydrogens is 396 g/mol. The largest absolute Gasteiger partial charge is 0.354 e. The number of nitrogens with one attached hydrogen (secondary N) is 3. The molecule has 3 N–H and O–H groups in total. The second-order valence-corrected chi connectivity index (χ2v) is 7.90. The van der Waals surface area contributed by atoms with Gasteiger partial charge in [-0.15, -0.1) is 12.4 Å². The summed E-state index contributed by atoms with van der Waals surface area (Å²) < 4.78 is 0. The van der Waals surface area contributed by atoms with Crippen LogP contribution in [0, 0.1) is 6.92 Å². The lowest BCUT2D eigenvalue weighted by Crippen LogP contribution is -2.48. The quantitative estimate of drug-likeness (QED) is 0.494. The topological polar surface area (TPSA) is 73.5 Å². The molecule has 28 heavy (non-hydrogen) atoms. The molecule has 8 heteroatoms. The smallest absolute Gasteiger partial charge is 0.251 e. The van der Waals surface area contributed by atoms with E-state index in [2.05, 4.69) is 20.9 Å². The molecule has 2 amide bonds. The van der Waals surface area contributed by atoms with Gasteiger partial charge in [-0.25, -0.2) is 0 Å². The summed E-state index contributed by atoms with van der Waals surface area (Å²) in [6.45, 7) is 7.79. The van der Waals surface area contributed by atoms with Crippen molar-refractivity contribution < 1.29 is 9.59 Å². The van der Waals surface area contributed by atoms with Crippen LogP contribution in [0.4, 0.5) is 0 Å². The highest BCUT2D eigenvalue weighted by Gasteiger charge is 2.21. The van der Waals surface area contributed by atoms with Crippen molar-refractivity contribution in [3.63, 3.8) is 0 Å². The highest BCUT2D eigenvalue weighted by Crippen LogP contribution is 2.07. The fourth-order valence-electron chi connectivity index (χ4n) is 3.10. The van der Waals surface area contributed by atoms with Crippen LogP contribution >= 0.6 is 24.2 Å². The number of hydrogen-bond donors (Lipinski definition) is 3. The molecule has 1 aromatic rings. The van der Waals surface area contributed by atoms with Crippen LogP contribution in [0.1, 0.15) is 28.8 Å². The van der Waals surface area contributed by atoms with E-state index in [1.54, 1.807) is 17.8 Å². The minimum absolute atomic E-state index is 0. The predicted molar refractivity (Wildman–Crippen MR) is 120 cm³/mol. The van der Waals surface area contributed by atoms with E-state index in [9.17, 15) is 9.59 Å². The van der Waals surface area contributed by atoms with Gasteiger partial charge in [0.1, 0.15) is 6.04 Å². The number of carbonyl (C=O) groups is 2. The third kappa shape index (κ3) is 8.82. The number of hydrogen-bond acceptors (Lipinski definition) is 5. The van der Waals surface area contributed by atoms with Crippen LogP contribution in [0.2, 0.25) is 0 Å². The van der Waals surface area contributed by atoms with Gasteiger partial charge in [-0.3, -0.25) is 9.59 Å². The number of nitrogens with zero attached hydrogens (tertiary/aromatic N) is 1. The zero-order valence-corrected chi connectivity index (χ0v) is 18.5. The Labute approximate surface area is 179 Å². The fraction of sp³-hybridized carbons (Fsp3) is 0.600. The number of thioether (sulfide) groups is 1. The van der Waals surface area contributed by atoms with E-state index >= 15 is 0 Å². The number of rotatable bonds is 10. The monoisotopic (exact) mass is 428 g/mol. The van der Waals surface area contributed by atoms with Crippen molar-refractivity contribution >= 4 is 36.0 Å². The third-order valence-corrected chi connectivity index (χ3v) is 5.32. The van der Waals surface area contributed by atoms with E-state index in [-0.39, 0.29) is 24.2 Å². The summed E-state index contributed by atoms with van der Waals surface area (Å²) in [7, 11) is 0. The molecule has 6 nitrogen and oxygen atoms in total. The lowest BCUT2D eigenvalue weighted by molar-refractivity contribution is -0.123. The second-order valence-electron chi connectivity index (χ2n) is 6.91. The molecule has 1 atom stereocenters. The van der Waals surface area contributed by atoms with Crippen molar-refractivity contribution in [1.29, 1.82) is 0 Å². The summed E-state index contributed by atoms with van der Waals surface area (Å²) in [6, 6.07) is 6.93. The molecule has 0 bridgehead atoms. The normalized spacial score (nSPS) is 15.4. The highest BCUT2D eigenvalue weighted by atomic mass is 35.5. The Balaban J connectivity index is 0.00000392. The van der Waals surface area contributed by atoms with E-state index < -0.39 is 6.04 Å². The molecule has 1 heterocycles. The lowest BCUT2D eigenvalue weighted by atomic mass is 10.1. The summed E-state index contributed by atoms with van der Waals surface area (Å²) in [5.41, 5.74) is 1.62. The Bertz CT molecular complexity index is 612. The van der Waals surface area contributed by atoms with Crippen molar-refractivity contribution in [2.24, 2.45) is 0 Å². The maximum absolute atomic E-state index is 12.6. The first-order valence-corrected chi connectivity index (χ1v) is 11.1. The van der Waals surface area contributed by atoms with Crippen LogP contribution in [0.25, 0.3) is 0 Å². The molecular formula is C20H33ClN4O2S. The summed E-state index contributed by atoms with van der Waals surface area (Å²) in [5, 5.41) is 9.24. The number of benzene rings is 1. The molecule has 1 aromatic carbocycles. The molecule has 1 aliphatic heterocycles. The van der Waals surface area contributed by atoms with Gasteiger partial charge in [0.2, 0.25) is 5.91 Å². The molecule has 1 aliphatic rings. The predicted octanol–water partition coefficient (Wildman–Crippen LogP) is 1.68. The molecule has 1 saturated heterocycles. The van der Waals surface area contributed by atoms with Gasteiger partial charge in [-0.05, 0) is 50.5 Å². The van der Waals surface area contributed by atoms with E-state index in [0.29, 0.717) is 18.5 Å². The second kappa shape index (κ2) is 13.8. The number of amides is 2. The average molecular weight is 429 g/mol. The van der Waals surface area contributed by atoms with Gasteiger partial charge in [0.05, 0.1) is 0 Å². The molecule has 0 spiro atoms. The van der Waals surface area contributed by atoms with Crippen LogP contribution < -0.4 is 16.0 Å². The first-order chi connectivity index (χ1) is 13.1. The van der Waals surface area contributed by atoms with Gasteiger partial charge in [0.25, 0.3) is 5.91 Å². The standard InChI is InChI=1S/C20H32N4O2S.ClH/c1-16-5-3-6-17(15-16)19(25)23-18(7-14-27-2)20(26)22-8-4-11-24-12-9-21-10-13-24;/h3,5-6,15,18,21H,4,7-14H2,1-2H3,(H,22,26)(H,23,25);1H. The molecule has 0 aliphatic carbocycles. The maximum Gasteiger partial charge on any atom is 0.251 e. The van der Waals surface area contributed by atoms with Crippen molar-refractivity contribution in [2.75, 3.05) is 51.3 Å². The summed E-state index contributed by atoms with van der Waals surface area (Å²) in [4.78, 5) is 27.5. The first-order valence-electron chi connectivity index (χ1n) is 9.67. The first kappa shape index (κ1) is 24.8. The van der Waals surface area contributed by atoms with Crippen molar-refractivity contribution in [2.45, 2.75) is 25.8 Å². The molecule has 0 radical (unpaired) electrons. The van der Waals surface area contributed by atoms with Gasteiger partial charge in [-0.1, -0.05) is 17.7 Å². The van der Waals surface area contributed by atoms with E-state index in [4.69, 9.17) is 0 Å². The van der Waals surface area contributed by atoms with Gasteiger partial charge >= 0.3 is 0 Å². The SMILES string of the molecule is CSCCC(NC(=O)c1cccc(C)c1)C(=O)NCCCN1CCNCC1.Cl. The number of piperazine rings is 1. The molecule has 0 saturated carbocycles. The fourth-order valence-corrected chi connectivity index (χ4v) is 3.58. The van der Waals surface area contributed by atoms with Gasteiger partial charge in [-0.2, -0.15) is 11.8 Å². The summed E-state index contributed by atoms with van der Waals surface area (Å²) in [5.74, 6) is 0.540. The summed E-state index contributed by atoms with van der Waals surface area (Å²) in [6.07, 6.45) is 3.56. The Morgan fingerprint density at radius 2 is 2.04 bits per heavy atom. The van der Waals surface area contributed by atoms with Gasteiger partial charge in [0.15, 0.2) is 0 Å². The van der Waals surface area contributed by atoms with E-state index in [1.165, 1.54) is 0 Å². The Morgan fingerprint density at radius 1 is 1.29 bits per heavy atom. The van der Waals surface area contributed by atoms with Crippen molar-refractivity contribution in [3.05, 3.63) is 35.4 Å². The van der Waals surface area contributed by atoms with E-state index in [1.807, 2.05) is 31.4 Å². The van der Waals surface area contributed by atoms with Crippen LogP contribution in [0.5, 0.6) is 0 Å². The molecule has 2 rings (SSSR count). The van der Waals surface area contributed by atoms with Gasteiger partial charge < -0.3 is 20.9 Å².